The van der Waals surface area contributed by atoms with Crippen molar-refractivity contribution >= 4 is 17.6 Å². The second-order valence-electron chi connectivity index (χ2n) is 7.14. The number of carbonyl (C=O) groups is 1. The van der Waals surface area contributed by atoms with Crippen LogP contribution >= 0.6 is 11.6 Å². The molecule has 0 aromatic carbocycles. The van der Waals surface area contributed by atoms with E-state index in [2.05, 4.69) is 13.8 Å². The van der Waals surface area contributed by atoms with Gasteiger partial charge >= 0.3 is 5.97 Å². The Labute approximate surface area is 168 Å². The Morgan fingerprint density at radius 2 is 1.38 bits per heavy atom. The first-order chi connectivity index (χ1) is 12.6. The zero-order valence-corrected chi connectivity index (χ0v) is 18.5. The average Bonchev–Trinajstić information content (AvgIpc) is 2.63. The highest BCUT2D eigenvalue weighted by Gasteiger charge is 2.08. The van der Waals surface area contributed by atoms with Crippen molar-refractivity contribution in [3.05, 3.63) is 0 Å². The summed E-state index contributed by atoms with van der Waals surface area (Å²) < 4.78 is 5.36. The van der Waals surface area contributed by atoms with Gasteiger partial charge in [-0.15, -0.1) is 11.6 Å². The van der Waals surface area contributed by atoms with Crippen LogP contribution in [-0.2, 0) is 9.53 Å². The molecule has 0 saturated heterocycles. The molecule has 26 heavy (non-hydrogen) atoms. The lowest BCUT2D eigenvalue weighted by atomic mass is 10.1. The van der Waals surface area contributed by atoms with Crippen LogP contribution in [0.5, 0.6) is 0 Å². The van der Waals surface area contributed by atoms with Crippen LogP contribution in [0.1, 0.15) is 117 Å². The van der Waals surface area contributed by atoms with Crippen LogP contribution < -0.4 is 0 Å². The van der Waals surface area contributed by atoms with Crippen LogP contribution in [-0.4, -0.2) is 29.7 Å². The van der Waals surface area contributed by atoms with Gasteiger partial charge in [-0.1, -0.05) is 78.1 Å². The first-order valence-corrected chi connectivity index (χ1v) is 11.5. The van der Waals surface area contributed by atoms with Crippen molar-refractivity contribution in [3.8, 4) is 0 Å². The third-order valence-electron chi connectivity index (χ3n) is 4.32. The van der Waals surface area contributed by atoms with Gasteiger partial charge in [0.2, 0.25) is 0 Å². The van der Waals surface area contributed by atoms with Crippen molar-refractivity contribution in [1.82, 2.24) is 0 Å². The smallest absolute Gasteiger partial charge is 0.306 e. The zero-order valence-electron chi connectivity index (χ0n) is 17.7. The molecule has 4 heteroatoms. The number of alkyl halides is 1. The number of esters is 1. The summed E-state index contributed by atoms with van der Waals surface area (Å²) in [6.07, 6.45) is 17.0. The van der Waals surface area contributed by atoms with Crippen molar-refractivity contribution in [1.29, 1.82) is 0 Å². The Hall–Kier alpha value is -0.280. The van der Waals surface area contributed by atoms with E-state index in [9.17, 15) is 4.79 Å². The third kappa shape index (κ3) is 26.0. The van der Waals surface area contributed by atoms with Gasteiger partial charge in [0.15, 0.2) is 0 Å². The van der Waals surface area contributed by atoms with Crippen LogP contribution in [0.15, 0.2) is 0 Å². The number of carbonyl (C=O) groups excluding carboxylic acids is 1. The lowest BCUT2D eigenvalue weighted by Crippen LogP contribution is -2.14. The van der Waals surface area contributed by atoms with Crippen LogP contribution in [0.2, 0.25) is 0 Å². The van der Waals surface area contributed by atoms with E-state index in [1.54, 1.807) is 0 Å². The van der Waals surface area contributed by atoms with Gasteiger partial charge < -0.3 is 9.84 Å². The topological polar surface area (TPSA) is 46.5 Å². The fourth-order valence-corrected chi connectivity index (χ4v) is 2.81. The van der Waals surface area contributed by atoms with Crippen molar-refractivity contribution < 1.29 is 14.6 Å². The average molecular weight is 393 g/mol. The summed E-state index contributed by atoms with van der Waals surface area (Å²) in [5.41, 5.74) is 0. The van der Waals surface area contributed by atoms with E-state index in [1.807, 2.05) is 6.92 Å². The summed E-state index contributed by atoms with van der Waals surface area (Å²) in [5, 5.41) is 8.33. The minimum absolute atomic E-state index is 0.00726. The predicted molar refractivity (Wildman–Crippen MR) is 114 cm³/mol. The molecule has 0 aliphatic rings. The minimum atomic E-state index is -0.00726. The molecule has 0 bridgehead atoms. The number of halogens is 1. The van der Waals surface area contributed by atoms with E-state index < -0.39 is 0 Å². The summed E-state index contributed by atoms with van der Waals surface area (Å²) >= 11 is 5.42. The molecule has 0 aromatic rings. The molecule has 0 aliphatic heterocycles. The van der Waals surface area contributed by atoms with Crippen molar-refractivity contribution in [3.63, 3.8) is 0 Å². The first kappa shape index (κ1) is 27.9. The second-order valence-corrected chi connectivity index (χ2v) is 7.52. The number of aliphatic hydroxyl groups is 1. The minimum Gasteiger partial charge on any atom is -0.463 e. The fourth-order valence-electron chi connectivity index (χ4n) is 2.62. The van der Waals surface area contributed by atoms with Gasteiger partial charge in [-0.3, -0.25) is 4.79 Å². The molecule has 0 spiro atoms. The maximum atomic E-state index is 11.5. The van der Waals surface area contributed by atoms with Crippen LogP contribution in [0.25, 0.3) is 0 Å². The van der Waals surface area contributed by atoms with E-state index in [0.29, 0.717) is 13.0 Å². The largest absolute Gasteiger partial charge is 0.463 e. The highest BCUT2D eigenvalue weighted by atomic mass is 35.5. The van der Waals surface area contributed by atoms with Gasteiger partial charge in [0, 0.05) is 18.9 Å². The normalized spacial score (nSPS) is 11.6. The van der Waals surface area contributed by atoms with Gasteiger partial charge in [0.05, 0.1) is 6.10 Å². The summed E-state index contributed by atoms with van der Waals surface area (Å²) in [4.78, 5) is 11.5. The Balaban J connectivity index is 0. The summed E-state index contributed by atoms with van der Waals surface area (Å²) in [5.74, 6) is 0.748. The van der Waals surface area contributed by atoms with Gasteiger partial charge in [-0.05, 0) is 32.6 Å². The van der Waals surface area contributed by atoms with Crippen LogP contribution in [0, 0.1) is 0 Å². The molecule has 0 saturated carbocycles. The highest BCUT2D eigenvalue weighted by molar-refractivity contribution is 6.17. The third-order valence-corrected chi connectivity index (χ3v) is 4.59. The lowest BCUT2D eigenvalue weighted by Gasteiger charge is -2.12. The monoisotopic (exact) mass is 392 g/mol. The van der Waals surface area contributed by atoms with Gasteiger partial charge in [0.25, 0.3) is 0 Å². The van der Waals surface area contributed by atoms with E-state index in [-0.39, 0.29) is 12.1 Å². The maximum absolute atomic E-state index is 11.5. The number of hydrogen-bond acceptors (Lipinski definition) is 3. The standard InChI is InChI=1S/C16H32O2.C6H13ClO/c1-4-6-8-9-10-11-12-14-16(17)18-15(3)13-7-5-2;7-5-3-1-2-4-6-8/h15H,4-14H2,1-3H3;8H,1-6H2. The number of ether oxygens (including phenoxy) is 1. The van der Waals surface area contributed by atoms with Gasteiger partial charge in [-0.25, -0.2) is 0 Å². The van der Waals surface area contributed by atoms with Crippen molar-refractivity contribution in [2.24, 2.45) is 0 Å². The van der Waals surface area contributed by atoms with E-state index >= 15 is 0 Å². The lowest BCUT2D eigenvalue weighted by molar-refractivity contribution is -0.148. The molecular weight excluding hydrogens is 348 g/mol. The zero-order chi connectivity index (χ0) is 19.9. The molecule has 1 atom stereocenters. The number of aliphatic hydroxyl groups excluding tert-OH is 1. The summed E-state index contributed by atoms with van der Waals surface area (Å²) in [6, 6.07) is 0. The molecule has 0 amide bonds. The molecule has 0 aromatic heterocycles. The van der Waals surface area contributed by atoms with Gasteiger partial charge in [0.1, 0.15) is 0 Å². The van der Waals surface area contributed by atoms with Crippen LogP contribution in [0.3, 0.4) is 0 Å². The molecule has 0 radical (unpaired) electrons. The molecule has 3 nitrogen and oxygen atoms in total. The van der Waals surface area contributed by atoms with E-state index in [1.165, 1.54) is 44.9 Å². The SMILES string of the molecule is CCCCCCCCCC(=O)OC(C)CCCC.OCCCCCCCl. The van der Waals surface area contributed by atoms with E-state index in [0.717, 1.165) is 50.8 Å². The molecular formula is C22H45ClO3. The number of rotatable bonds is 17. The molecule has 1 N–H and O–H groups in total. The van der Waals surface area contributed by atoms with Crippen molar-refractivity contribution in [2.45, 2.75) is 123 Å². The Morgan fingerprint density at radius 1 is 0.846 bits per heavy atom. The quantitative estimate of drug-likeness (QED) is 0.164. The fraction of sp³-hybridized carbons (Fsp3) is 0.955. The van der Waals surface area contributed by atoms with Gasteiger partial charge in [-0.2, -0.15) is 0 Å². The molecule has 0 heterocycles. The summed E-state index contributed by atoms with van der Waals surface area (Å²) in [7, 11) is 0. The molecule has 1 unspecified atom stereocenters. The van der Waals surface area contributed by atoms with E-state index in [4.69, 9.17) is 21.4 Å². The second kappa shape index (κ2) is 24.7. The van der Waals surface area contributed by atoms with Crippen LogP contribution in [0.4, 0.5) is 0 Å². The summed E-state index contributed by atoms with van der Waals surface area (Å²) in [6.45, 7) is 6.71. The molecule has 158 valence electrons. The number of unbranched alkanes of at least 4 members (excludes halogenated alkanes) is 10. The predicted octanol–water partition coefficient (Wildman–Crippen LogP) is 7.03. The maximum Gasteiger partial charge on any atom is 0.306 e. The Bertz CT molecular complexity index is 266. The molecule has 0 rings (SSSR count). The Morgan fingerprint density at radius 3 is 1.96 bits per heavy atom. The number of hydrogen-bond donors (Lipinski definition) is 1. The first-order valence-electron chi connectivity index (χ1n) is 11.0. The molecule has 0 fully saturated rings. The molecule has 0 aliphatic carbocycles. The highest BCUT2D eigenvalue weighted by Crippen LogP contribution is 2.10. The van der Waals surface area contributed by atoms with Crippen molar-refractivity contribution in [2.75, 3.05) is 12.5 Å². The Kier molecular flexibility index (Phi) is 26.6.